The minimum atomic E-state index is -0.605. The zero-order chi connectivity index (χ0) is 31.9. The molecule has 4 rings (SSSR count). The summed E-state index contributed by atoms with van der Waals surface area (Å²) in [6, 6.07) is 16.9. The summed E-state index contributed by atoms with van der Waals surface area (Å²) in [6.45, 7) is 6.67. The standard InChI is InChI=1S/C33H36Cl2N4O5/c1-33(2,3)44-32(41)38-19-22-11-12-26(39-31(22)43-5)25-8-6-7-23(28(25)34)24-13-14-37-30(29(24)35)20-9-10-21(18-36-15-16-40)27(17-20)42-4/h6-14,17,36,40H,15-16,18-19H2,1-5H3,(H,38,41). The number of aliphatic hydroxyl groups excluding tert-OH is 1. The van der Waals surface area contributed by atoms with Crippen molar-refractivity contribution in [3.63, 3.8) is 0 Å². The fourth-order valence-corrected chi connectivity index (χ4v) is 5.19. The Bertz CT molecular complexity index is 1620. The first-order valence-corrected chi connectivity index (χ1v) is 14.7. The summed E-state index contributed by atoms with van der Waals surface area (Å²) in [5.41, 5.74) is 5.10. The van der Waals surface area contributed by atoms with Crippen molar-refractivity contribution in [3.8, 4) is 45.3 Å². The molecule has 0 aliphatic carbocycles. The van der Waals surface area contributed by atoms with Gasteiger partial charge in [0.15, 0.2) is 0 Å². The molecule has 0 atom stereocenters. The summed E-state index contributed by atoms with van der Waals surface area (Å²) in [4.78, 5) is 21.4. The van der Waals surface area contributed by atoms with E-state index in [2.05, 4.69) is 20.6 Å². The average molecular weight is 640 g/mol. The lowest BCUT2D eigenvalue weighted by Gasteiger charge is -2.20. The number of benzene rings is 2. The molecule has 11 heteroatoms. The third-order valence-electron chi connectivity index (χ3n) is 6.57. The maximum absolute atomic E-state index is 12.1. The van der Waals surface area contributed by atoms with E-state index >= 15 is 0 Å². The second kappa shape index (κ2) is 14.7. The fraction of sp³-hybridized carbons (Fsp3) is 0.303. The minimum absolute atomic E-state index is 0.0543. The second-order valence-corrected chi connectivity index (χ2v) is 11.6. The number of amides is 1. The van der Waals surface area contributed by atoms with Gasteiger partial charge in [0.25, 0.3) is 0 Å². The van der Waals surface area contributed by atoms with Crippen LogP contribution in [0.3, 0.4) is 0 Å². The second-order valence-electron chi connectivity index (χ2n) is 10.8. The highest BCUT2D eigenvalue weighted by Crippen LogP contribution is 2.42. The Kier molecular flexibility index (Phi) is 11.0. The number of carbonyl (C=O) groups is 1. The normalized spacial score (nSPS) is 11.3. The number of carbonyl (C=O) groups excluding carboxylic acids is 1. The molecule has 0 aliphatic rings. The Hall–Kier alpha value is -3.89. The van der Waals surface area contributed by atoms with Crippen LogP contribution in [-0.2, 0) is 17.8 Å². The molecule has 0 radical (unpaired) electrons. The molecule has 2 aromatic carbocycles. The Morgan fingerprint density at radius 1 is 0.909 bits per heavy atom. The molecule has 0 fully saturated rings. The van der Waals surface area contributed by atoms with Crippen LogP contribution in [0.2, 0.25) is 10.0 Å². The van der Waals surface area contributed by atoms with Gasteiger partial charge in [-0.3, -0.25) is 4.98 Å². The molecule has 2 aromatic heterocycles. The van der Waals surface area contributed by atoms with Crippen LogP contribution in [0.25, 0.3) is 33.6 Å². The van der Waals surface area contributed by atoms with Gasteiger partial charge >= 0.3 is 6.09 Å². The molecule has 1 amide bonds. The van der Waals surface area contributed by atoms with Gasteiger partial charge in [0.2, 0.25) is 5.88 Å². The van der Waals surface area contributed by atoms with Crippen LogP contribution in [0.1, 0.15) is 31.9 Å². The van der Waals surface area contributed by atoms with E-state index in [1.54, 1.807) is 34.1 Å². The first-order chi connectivity index (χ1) is 21.1. The molecule has 4 aromatic rings. The van der Waals surface area contributed by atoms with Gasteiger partial charge in [-0.2, -0.15) is 0 Å². The maximum atomic E-state index is 12.1. The number of aromatic nitrogens is 2. The van der Waals surface area contributed by atoms with Gasteiger partial charge in [-0.1, -0.05) is 53.5 Å². The monoisotopic (exact) mass is 638 g/mol. The van der Waals surface area contributed by atoms with Crippen LogP contribution >= 0.6 is 23.2 Å². The van der Waals surface area contributed by atoms with Gasteiger partial charge in [-0.05, 0) is 45.0 Å². The van der Waals surface area contributed by atoms with Crippen LogP contribution in [0.15, 0.2) is 60.8 Å². The van der Waals surface area contributed by atoms with E-state index in [1.165, 1.54) is 7.11 Å². The zero-order valence-corrected chi connectivity index (χ0v) is 26.8. The lowest BCUT2D eigenvalue weighted by molar-refractivity contribution is 0.0523. The number of nitrogens with zero attached hydrogens (tertiary/aromatic N) is 2. The molecule has 0 aliphatic heterocycles. The van der Waals surface area contributed by atoms with E-state index in [9.17, 15) is 4.79 Å². The van der Waals surface area contributed by atoms with Crippen LogP contribution in [0, 0.1) is 0 Å². The third kappa shape index (κ3) is 7.98. The van der Waals surface area contributed by atoms with Crippen LogP contribution < -0.4 is 20.1 Å². The van der Waals surface area contributed by atoms with Crippen molar-refractivity contribution in [3.05, 3.63) is 82.0 Å². The van der Waals surface area contributed by atoms with Gasteiger partial charge in [0.1, 0.15) is 11.4 Å². The molecule has 0 saturated carbocycles. The van der Waals surface area contributed by atoms with Crippen molar-refractivity contribution in [1.29, 1.82) is 0 Å². The number of methoxy groups -OCH3 is 2. The average Bonchev–Trinajstić information content (AvgIpc) is 3.00. The molecule has 3 N–H and O–H groups in total. The van der Waals surface area contributed by atoms with Gasteiger partial charge in [-0.25, -0.2) is 9.78 Å². The van der Waals surface area contributed by atoms with Gasteiger partial charge < -0.3 is 30.0 Å². The molecule has 0 saturated heterocycles. The zero-order valence-electron chi connectivity index (χ0n) is 25.3. The van der Waals surface area contributed by atoms with E-state index in [0.29, 0.717) is 68.4 Å². The molecule has 0 spiro atoms. The Morgan fingerprint density at radius 2 is 1.64 bits per heavy atom. The van der Waals surface area contributed by atoms with Crippen LogP contribution in [-0.4, -0.2) is 54.1 Å². The van der Waals surface area contributed by atoms with Crippen molar-refractivity contribution in [2.45, 2.75) is 39.5 Å². The number of halogens is 2. The number of ether oxygens (including phenoxy) is 3. The molecular formula is C33H36Cl2N4O5. The Morgan fingerprint density at radius 3 is 2.34 bits per heavy atom. The van der Waals surface area contributed by atoms with Gasteiger partial charge in [0.05, 0.1) is 48.8 Å². The number of alkyl carbamates (subject to hydrolysis) is 1. The molecule has 2 heterocycles. The smallest absolute Gasteiger partial charge is 0.407 e. The summed E-state index contributed by atoms with van der Waals surface area (Å²) >= 11 is 14.0. The minimum Gasteiger partial charge on any atom is -0.496 e. The first kappa shape index (κ1) is 33.0. The quantitative estimate of drug-likeness (QED) is 0.152. The Balaban J connectivity index is 1.64. The fourth-order valence-electron chi connectivity index (χ4n) is 4.54. The first-order valence-electron chi connectivity index (χ1n) is 14.0. The highest BCUT2D eigenvalue weighted by Gasteiger charge is 2.20. The van der Waals surface area contributed by atoms with E-state index < -0.39 is 11.7 Å². The van der Waals surface area contributed by atoms with Crippen LogP contribution in [0.5, 0.6) is 11.6 Å². The van der Waals surface area contributed by atoms with Crippen molar-refractivity contribution in [2.75, 3.05) is 27.4 Å². The third-order valence-corrected chi connectivity index (χ3v) is 7.36. The highest BCUT2D eigenvalue weighted by atomic mass is 35.5. The lowest BCUT2D eigenvalue weighted by atomic mass is 9.99. The maximum Gasteiger partial charge on any atom is 0.407 e. The SMILES string of the molecule is COc1cc(-c2nccc(-c3cccc(-c4ccc(CNC(=O)OC(C)(C)C)c(OC)n4)c3Cl)c2Cl)ccc1CNCCO. The topological polar surface area (TPSA) is 115 Å². The molecule has 44 heavy (non-hydrogen) atoms. The number of nitrogens with one attached hydrogen (secondary N) is 2. The van der Waals surface area contributed by atoms with E-state index in [0.717, 1.165) is 11.1 Å². The molecular weight excluding hydrogens is 603 g/mol. The van der Waals surface area contributed by atoms with Crippen molar-refractivity contribution in [1.82, 2.24) is 20.6 Å². The summed E-state index contributed by atoms with van der Waals surface area (Å²) in [5, 5.41) is 15.9. The van der Waals surface area contributed by atoms with E-state index in [1.807, 2.05) is 54.6 Å². The molecule has 232 valence electrons. The van der Waals surface area contributed by atoms with Crippen molar-refractivity contribution >= 4 is 29.3 Å². The van der Waals surface area contributed by atoms with Crippen molar-refractivity contribution < 1.29 is 24.1 Å². The number of aliphatic hydroxyl groups is 1. The Labute approximate surface area is 267 Å². The molecule has 9 nitrogen and oxygen atoms in total. The van der Waals surface area contributed by atoms with Crippen LogP contribution in [0.4, 0.5) is 4.79 Å². The van der Waals surface area contributed by atoms with E-state index in [-0.39, 0.29) is 13.2 Å². The summed E-state index contributed by atoms with van der Waals surface area (Å²) in [7, 11) is 3.13. The lowest BCUT2D eigenvalue weighted by Crippen LogP contribution is -2.32. The molecule has 0 unspecified atom stereocenters. The predicted octanol–water partition coefficient (Wildman–Crippen LogP) is 6.91. The highest BCUT2D eigenvalue weighted by molar-refractivity contribution is 6.39. The molecule has 0 bridgehead atoms. The van der Waals surface area contributed by atoms with E-state index in [4.69, 9.17) is 42.5 Å². The number of hydrogen-bond donors (Lipinski definition) is 3. The summed E-state index contributed by atoms with van der Waals surface area (Å²) < 4.78 is 16.5. The van der Waals surface area contributed by atoms with Gasteiger partial charge in [-0.15, -0.1) is 0 Å². The summed E-state index contributed by atoms with van der Waals surface area (Å²) in [6.07, 6.45) is 1.16. The predicted molar refractivity (Wildman–Crippen MR) is 173 cm³/mol. The van der Waals surface area contributed by atoms with Crippen molar-refractivity contribution in [2.24, 2.45) is 0 Å². The largest absolute Gasteiger partial charge is 0.496 e. The number of rotatable bonds is 11. The number of hydrogen-bond acceptors (Lipinski definition) is 8. The summed E-state index contributed by atoms with van der Waals surface area (Å²) in [5.74, 6) is 1.04. The number of pyridine rings is 2. The van der Waals surface area contributed by atoms with Gasteiger partial charge in [0, 0.05) is 52.7 Å².